The molecule has 0 heterocycles. The van der Waals surface area contributed by atoms with E-state index in [9.17, 15) is 26.7 Å². The lowest BCUT2D eigenvalue weighted by molar-refractivity contribution is -0.125. The molecule has 0 aliphatic carbocycles. The molecule has 1 rings (SSSR count). The fourth-order valence-electron chi connectivity index (χ4n) is 1.39. The van der Waals surface area contributed by atoms with Crippen molar-refractivity contribution in [3.8, 4) is 0 Å². The lowest BCUT2D eigenvalue weighted by Gasteiger charge is -2.15. The molecule has 0 amide bonds. The van der Waals surface area contributed by atoms with Crippen LogP contribution in [0.25, 0.3) is 0 Å². The van der Waals surface area contributed by atoms with Crippen molar-refractivity contribution in [2.75, 3.05) is 13.7 Å². The van der Waals surface area contributed by atoms with Crippen molar-refractivity contribution < 1.29 is 31.5 Å². The molecule has 0 saturated carbocycles. The summed E-state index contributed by atoms with van der Waals surface area (Å²) in [5, 5.41) is 2.10. The zero-order chi connectivity index (χ0) is 15.3. The largest absolute Gasteiger partial charge is 0.465 e. The minimum atomic E-state index is -4.15. The van der Waals surface area contributed by atoms with Crippen LogP contribution in [-0.4, -0.2) is 32.0 Å². The fourth-order valence-corrected chi connectivity index (χ4v) is 1.39. The van der Waals surface area contributed by atoms with Crippen LogP contribution >= 0.6 is 0 Å². The third kappa shape index (κ3) is 4.16. The van der Waals surface area contributed by atoms with Crippen LogP contribution in [0.3, 0.4) is 0 Å². The Hall–Kier alpha value is -1.70. The van der Waals surface area contributed by atoms with Gasteiger partial charge in [0.1, 0.15) is 5.82 Å². The van der Waals surface area contributed by atoms with Gasteiger partial charge in [-0.2, -0.15) is 8.78 Å². The minimum absolute atomic E-state index is 0.235. The quantitative estimate of drug-likeness (QED) is 0.648. The normalized spacial score (nSPS) is 11.8. The van der Waals surface area contributed by atoms with Gasteiger partial charge in [-0.15, -0.1) is 0 Å². The smallest absolute Gasteiger partial charge is 0.340 e. The SMILES string of the molecule is COC(=O)c1ccc(CNCC(F)(F)C(F)F)cc1F. The average molecular weight is 297 g/mol. The van der Waals surface area contributed by atoms with Gasteiger partial charge in [0.2, 0.25) is 0 Å². The van der Waals surface area contributed by atoms with Crippen LogP contribution in [-0.2, 0) is 11.3 Å². The molecule has 0 unspecified atom stereocenters. The molecule has 1 N–H and O–H groups in total. The Labute approximate surface area is 111 Å². The molecule has 0 aromatic heterocycles. The van der Waals surface area contributed by atoms with Crippen molar-refractivity contribution in [3.05, 3.63) is 35.1 Å². The number of alkyl halides is 4. The van der Waals surface area contributed by atoms with E-state index in [0.29, 0.717) is 0 Å². The van der Waals surface area contributed by atoms with Gasteiger partial charge in [0.25, 0.3) is 0 Å². The van der Waals surface area contributed by atoms with Gasteiger partial charge in [0.15, 0.2) is 0 Å². The molecule has 0 atom stereocenters. The first kappa shape index (κ1) is 16.4. The Balaban J connectivity index is 2.62. The number of hydrogen-bond acceptors (Lipinski definition) is 3. The molecule has 1 aromatic carbocycles. The Morgan fingerprint density at radius 3 is 2.55 bits per heavy atom. The fraction of sp³-hybridized carbons (Fsp3) is 0.417. The summed E-state index contributed by atoms with van der Waals surface area (Å²) in [4.78, 5) is 11.1. The van der Waals surface area contributed by atoms with Gasteiger partial charge < -0.3 is 10.1 Å². The minimum Gasteiger partial charge on any atom is -0.465 e. The molecule has 0 aliphatic heterocycles. The van der Waals surface area contributed by atoms with Crippen molar-refractivity contribution >= 4 is 5.97 Å². The first-order valence-corrected chi connectivity index (χ1v) is 5.51. The number of carbonyl (C=O) groups excluding carboxylic acids is 1. The first-order chi connectivity index (χ1) is 9.27. The summed E-state index contributed by atoms with van der Waals surface area (Å²) < 4.78 is 66.8. The Morgan fingerprint density at radius 2 is 2.05 bits per heavy atom. The van der Waals surface area contributed by atoms with Crippen molar-refractivity contribution in [1.82, 2.24) is 5.32 Å². The summed E-state index contributed by atoms with van der Waals surface area (Å²) in [5.41, 5.74) is -0.0608. The lowest BCUT2D eigenvalue weighted by atomic mass is 10.1. The highest BCUT2D eigenvalue weighted by molar-refractivity contribution is 5.89. The van der Waals surface area contributed by atoms with Gasteiger partial charge in [-0.1, -0.05) is 6.07 Å². The Morgan fingerprint density at radius 1 is 1.40 bits per heavy atom. The third-order valence-corrected chi connectivity index (χ3v) is 2.45. The highest BCUT2D eigenvalue weighted by Gasteiger charge is 2.39. The molecular weight excluding hydrogens is 285 g/mol. The Bertz CT molecular complexity index is 479. The molecule has 0 aliphatic rings. The van der Waals surface area contributed by atoms with Gasteiger partial charge in [0, 0.05) is 6.54 Å². The molecule has 0 radical (unpaired) electrons. The van der Waals surface area contributed by atoms with Crippen molar-refractivity contribution in [2.45, 2.75) is 18.9 Å². The summed E-state index contributed by atoms with van der Waals surface area (Å²) in [5.74, 6) is -5.90. The van der Waals surface area contributed by atoms with E-state index in [4.69, 9.17) is 0 Å². The molecule has 0 bridgehead atoms. The predicted molar refractivity (Wildman–Crippen MR) is 60.4 cm³/mol. The Kier molecular flexibility index (Phi) is 5.43. The summed E-state index contributed by atoms with van der Waals surface area (Å²) in [6.45, 7) is -1.47. The van der Waals surface area contributed by atoms with Crippen molar-refractivity contribution in [1.29, 1.82) is 0 Å². The van der Waals surface area contributed by atoms with E-state index in [0.717, 1.165) is 19.2 Å². The van der Waals surface area contributed by atoms with Crippen LogP contribution in [0, 0.1) is 5.82 Å². The monoisotopic (exact) mass is 297 g/mol. The number of benzene rings is 1. The van der Waals surface area contributed by atoms with Gasteiger partial charge in [-0.05, 0) is 17.7 Å². The molecular formula is C12H12F5NO2. The second-order valence-electron chi connectivity index (χ2n) is 3.97. The lowest BCUT2D eigenvalue weighted by Crippen LogP contribution is -2.38. The van der Waals surface area contributed by atoms with Crippen LogP contribution < -0.4 is 5.32 Å². The van der Waals surface area contributed by atoms with Crippen molar-refractivity contribution in [3.63, 3.8) is 0 Å². The molecule has 8 heteroatoms. The van der Waals surface area contributed by atoms with Gasteiger partial charge in [-0.3, -0.25) is 0 Å². The van der Waals surface area contributed by atoms with E-state index in [1.54, 1.807) is 0 Å². The molecule has 0 saturated heterocycles. The number of halogens is 5. The standard InChI is InChI=1S/C12H12F5NO2/c1-20-10(19)8-3-2-7(4-9(8)13)5-18-6-12(16,17)11(14)15/h2-4,11,18H,5-6H2,1H3. The number of rotatable bonds is 6. The molecule has 0 spiro atoms. The number of methoxy groups -OCH3 is 1. The third-order valence-electron chi connectivity index (χ3n) is 2.45. The zero-order valence-electron chi connectivity index (χ0n) is 10.4. The van der Waals surface area contributed by atoms with E-state index >= 15 is 0 Å². The highest BCUT2D eigenvalue weighted by atomic mass is 19.3. The van der Waals surface area contributed by atoms with Crippen LogP contribution in [0.15, 0.2) is 18.2 Å². The van der Waals surface area contributed by atoms with Crippen LogP contribution in [0.4, 0.5) is 22.0 Å². The summed E-state index contributed by atoms with van der Waals surface area (Å²) in [7, 11) is 1.09. The topological polar surface area (TPSA) is 38.3 Å². The van der Waals surface area contributed by atoms with Crippen molar-refractivity contribution in [2.24, 2.45) is 0 Å². The van der Waals surface area contributed by atoms with Gasteiger partial charge in [-0.25, -0.2) is 18.0 Å². The number of esters is 1. The summed E-state index contributed by atoms with van der Waals surface area (Å²) in [6, 6.07) is 3.38. The maximum absolute atomic E-state index is 13.5. The van der Waals surface area contributed by atoms with Crippen LogP contribution in [0.1, 0.15) is 15.9 Å². The predicted octanol–water partition coefficient (Wildman–Crippen LogP) is 2.60. The maximum Gasteiger partial charge on any atom is 0.340 e. The first-order valence-electron chi connectivity index (χ1n) is 5.51. The average Bonchev–Trinajstić information content (AvgIpc) is 2.37. The summed E-state index contributed by atoms with van der Waals surface area (Å²) in [6.07, 6.45) is -3.77. The highest BCUT2D eigenvalue weighted by Crippen LogP contribution is 2.21. The molecule has 0 fully saturated rings. The van der Waals surface area contributed by atoms with Crippen LogP contribution in [0.5, 0.6) is 0 Å². The molecule has 20 heavy (non-hydrogen) atoms. The second-order valence-corrected chi connectivity index (χ2v) is 3.97. The number of ether oxygens (including phenoxy) is 1. The summed E-state index contributed by atoms with van der Waals surface area (Å²) >= 11 is 0. The number of hydrogen-bond donors (Lipinski definition) is 1. The van der Waals surface area contributed by atoms with E-state index in [-0.39, 0.29) is 17.7 Å². The zero-order valence-corrected chi connectivity index (χ0v) is 10.4. The van der Waals surface area contributed by atoms with E-state index in [2.05, 4.69) is 10.1 Å². The molecule has 112 valence electrons. The van der Waals surface area contributed by atoms with E-state index in [1.807, 2.05) is 0 Å². The van der Waals surface area contributed by atoms with E-state index in [1.165, 1.54) is 6.07 Å². The van der Waals surface area contributed by atoms with Gasteiger partial charge >= 0.3 is 18.3 Å². The molecule has 3 nitrogen and oxygen atoms in total. The van der Waals surface area contributed by atoms with Crippen LogP contribution in [0.2, 0.25) is 0 Å². The number of carbonyl (C=O) groups is 1. The van der Waals surface area contributed by atoms with Gasteiger partial charge in [0.05, 0.1) is 19.2 Å². The molecule has 1 aromatic rings. The maximum atomic E-state index is 13.5. The second kappa shape index (κ2) is 6.65. The number of nitrogens with one attached hydrogen (secondary N) is 1. The van der Waals surface area contributed by atoms with E-state index < -0.39 is 30.7 Å².